The molecule has 0 aliphatic rings. The first-order valence-corrected chi connectivity index (χ1v) is 6.33. The van der Waals surface area contributed by atoms with Gasteiger partial charge in [-0.3, -0.25) is 4.99 Å². The predicted octanol–water partition coefficient (Wildman–Crippen LogP) is 2.63. The second kappa shape index (κ2) is 8.57. The van der Waals surface area contributed by atoms with E-state index in [0.717, 1.165) is 18.7 Å². The van der Waals surface area contributed by atoms with Gasteiger partial charge < -0.3 is 15.6 Å². The van der Waals surface area contributed by atoms with Crippen molar-refractivity contribution in [2.24, 2.45) is 10.7 Å². The molecule has 0 radical (unpaired) electrons. The van der Waals surface area contributed by atoms with Crippen molar-refractivity contribution in [2.75, 3.05) is 11.9 Å². The lowest BCUT2D eigenvalue weighted by Gasteiger charge is -2.06. The van der Waals surface area contributed by atoms with Gasteiger partial charge in [-0.25, -0.2) is 4.98 Å². The van der Waals surface area contributed by atoms with Crippen LogP contribution in [0.3, 0.4) is 0 Å². The number of nitrogens with zero attached hydrogens (tertiary/aromatic N) is 3. The summed E-state index contributed by atoms with van der Waals surface area (Å²) in [6.07, 6.45) is 6.46. The van der Waals surface area contributed by atoms with Crippen LogP contribution < -0.4 is 11.1 Å². The minimum absolute atomic E-state index is 0. The van der Waals surface area contributed by atoms with Crippen LogP contribution in [0, 0.1) is 6.92 Å². The maximum atomic E-state index is 5.82. The molecule has 0 atom stereocenters. The first-order chi connectivity index (χ1) is 9.24. The van der Waals surface area contributed by atoms with E-state index < -0.39 is 0 Å². The quantitative estimate of drug-likeness (QED) is 0.360. The van der Waals surface area contributed by atoms with Crippen LogP contribution in [0.1, 0.15) is 12.0 Å². The zero-order valence-corrected chi connectivity index (χ0v) is 13.8. The molecule has 0 saturated carbocycles. The fraction of sp³-hybridized carbons (Fsp3) is 0.286. The fourth-order valence-corrected chi connectivity index (χ4v) is 1.70. The summed E-state index contributed by atoms with van der Waals surface area (Å²) >= 11 is 0. The average Bonchev–Trinajstić information content (AvgIpc) is 2.91. The van der Waals surface area contributed by atoms with Gasteiger partial charge in [-0.05, 0) is 25.5 Å². The van der Waals surface area contributed by atoms with Gasteiger partial charge in [0, 0.05) is 31.2 Å². The molecule has 1 aromatic carbocycles. The molecule has 0 saturated heterocycles. The first kappa shape index (κ1) is 16.5. The fourth-order valence-electron chi connectivity index (χ4n) is 1.70. The molecule has 20 heavy (non-hydrogen) atoms. The Hall–Kier alpha value is -1.57. The number of nitrogens with one attached hydrogen (secondary N) is 1. The van der Waals surface area contributed by atoms with E-state index in [2.05, 4.69) is 22.2 Å². The van der Waals surface area contributed by atoms with Gasteiger partial charge in [0.2, 0.25) is 0 Å². The summed E-state index contributed by atoms with van der Waals surface area (Å²) < 4.78 is 2.03. The molecule has 1 heterocycles. The van der Waals surface area contributed by atoms with Crippen molar-refractivity contribution in [3.05, 3.63) is 48.5 Å². The smallest absolute Gasteiger partial charge is 0.193 e. The summed E-state index contributed by atoms with van der Waals surface area (Å²) in [4.78, 5) is 8.28. The molecule has 0 unspecified atom stereocenters. The number of hydrogen-bond acceptors (Lipinski definition) is 2. The maximum Gasteiger partial charge on any atom is 0.193 e. The molecule has 5 nitrogen and oxygen atoms in total. The largest absolute Gasteiger partial charge is 0.370 e. The number of guanidine groups is 1. The summed E-state index contributed by atoms with van der Waals surface area (Å²) in [6.45, 7) is 3.65. The minimum atomic E-state index is 0. The number of aryl methyl sites for hydroxylation is 2. The van der Waals surface area contributed by atoms with E-state index in [1.807, 2.05) is 35.0 Å². The van der Waals surface area contributed by atoms with Crippen molar-refractivity contribution >= 4 is 35.6 Å². The van der Waals surface area contributed by atoms with Crippen molar-refractivity contribution in [1.29, 1.82) is 0 Å². The number of halogens is 1. The monoisotopic (exact) mass is 385 g/mol. The number of rotatable bonds is 5. The van der Waals surface area contributed by atoms with E-state index in [0.29, 0.717) is 12.5 Å². The normalized spacial score (nSPS) is 10.9. The van der Waals surface area contributed by atoms with E-state index in [-0.39, 0.29) is 24.0 Å². The number of aromatic nitrogens is 2. The molecule has 3 N–H and O–H groups in total. The van der Waals surface area contributed by atoms with Crippen LogP contribution in [0.25, 0.3) is 0 Å². The van der Waals surface area contributed by atoms with Crippen LogP contribution in [-0.2, 0) is 6.54 Å². The number of benzene rings is 1. The molecule has 0 aliphatic heterocycles. The Morgan fingerprint density at radius 3 is 2.75 bits per heavy atom. The van der Waals surface area contributed by atoms with Crippen LogP contribution >= 0.6 is 24.0 Å². The minimum Gasteiger partial charge on any atom is -0.370 e. The second-order valence-corrected chi connectivity index (χ2v) is 4.41. The molecular formula is C14H20IN5. The van der Waals surface area contributed by atoms with E-state index in [9.17, 15) is 0 Å². The van der Waals surface area contributed by atoms with Crippen LogP contribution in [-0.4, -0.2) is 22.1 Å². The van der Waals surface area contributed by atoms with Gasteiger partial charge in [0.15, 0.2) is 5.96 Å². The Bertz CT molecular complexity index is 519. The highest BCUT2D eigenvalue weighted by atomic mass is 127. The van der Waals surface area contributed by atoms with E-state index in [4.69, 9.17) is 5.73 Å². The van der Waals surface area contributed by atoms with Crippen LogP contribution in [0.2, 0.25) is 0 Å². The molecule has 0 spiro atoms. The number of anilines is 1. The lowest BCUT2D eigenvalue weighted by molar-refractivity contribution is 0.650. The van der Waals surface area contributed by atoms with Gasteiger partial charge in [-0.1, -0.05) is 17.7 Å². The molecule has 1 aromatic heterocycles. The van der Waals surface area contributed by atoms with Crippen LogP contribution in [0.5, 0.6) is 0 Å². The van der Waals surface area contributed by atoms with Gasteiger partial charge in [0.25, 0.3) is 0 Å². The van der Waals surface area contributed by atoms with E-state index >= 15 is 0 Å². The standard InChI is InChI=1S/C14H19N5.HI/c1-12-3-5-13(6-4-12)18-14(15)17-7-2-9-19-10-8-16-11-19;/h3-6,8,10-11H,2,7,9H2,1H3,(H3,15,17,18);1H. The number of imidazole rings is 1. The van der Waals surface area contributed by atoms with Crippen molar-refractivity contribution in [1.82, 2.24) is 9.55 Å². The molecule has 0 fully saturated rings. The van der Waals surface area contributed by atoms with Crippen molar-refractivity contribution < 1.29 is 0 Å². The Labute approximate surface area is 136 Å². The molecular weight excluding hydrogens is 365 g/mol. The maximum absolute atomic E-state index is 5.82. The predicted molar refractivity (Wildman–Crippen MR) is 93.6 cm³/mol. The summed E-state index contributed by atoms with van der Waals surface area (Å²) in [7, 11) is 0. The van der Waals surface area contributed by atoms with Crippen molar-refractivity contribution in [2.45, 2.75) is 19.9 Å². The Morgan fingerprint density at radius 1 is 1.35 bits per heavy atom. The third-order valence-corrected chi connectivity index (χ3v) is 2.74. The SMILES string of the molecule is Cc1ccc(NC(N)=NCCCn2ccnc2)cc1.I. The number of hydrogen-bond donors (Lipinski definition) is 2. The zero-order chi connectivity index (χ0) is 13.5. The van der Waals surface area contributed by atoms with Gasteiger partial charge in [-0.15, -0.1) is 24.0 Å². The first-order valence-electron chi connectivity index (χ1n) is 6.33. The number of aliphatic imine (C=N–C) groups is 1. The lowest BCUT2D eigenvalue weighted by atomic mass is 10.2. The molecule has 0 bridgehead atoms. The summed E-state index contributed by atoms with van der Waals surface area (Å²) in [6, 6.07) is 8.05. The average molecular weight is 385 g/mol. The Morgan fingerprint density at radius 2 is 2.10 bits per heavy atom. The highest BCUT2D eigenvalue weighted by Crippen LogP contribution is 2.07. The zero-order valence-electron chi connectivity index (χ0n) is 11.5. The second-order valence-electron chi connectivity index (χ2n) is 4.41. The molecule has 2 aromatic rings. The molecule has 0 aliphatic carbocycles. The highest BCUT2D eigenvalue weighted by Gasteiger charge is 1.95. The molecule has 6 heteroatoms. The summed E-state index contributed by atoms with van der Waals surface area (Å²) in [5.74, 6) is 0.453. The van der Waals surface area contributed by atoms with Gasteiger partial charge in [0.1, 0.15) is 0 Å². The van der Waals surface area contributed by atoms with Gasteiger partial charge in [0.05, 0.1) is 6.33 Å². The molecule has 2 rings (SSSR count). The highest BCUT2D eigenvalue weighted by molar-refractivity contribution is 14.0. The topological polar surface area (TPSA) is 68.2 Å². The third kappa shape index (κ3) is 5.60. The third-order valence-electron chi connectivity index (χ3n) is 2.74. The van der Waals surface area contributed by atoms with Crippen molar-refractivity contribution in [3.8, 4) is 0 Å². The van der Waals surface area contributed by atoms with Crippen molar-refractivity contribution in [3.63, 3.8) is 0 Å². The van der Waals surface area contributed by atoms with Crippen LogP contribution in [0.4, 0.5) is 5.69 Å². The van der Waals surface area contributed by atoms with E-state index in [1.54, 1.807) is 12.5 Å². The summed E-state index contributed by atoms with van der Waals surface area (Å²) in [5.41, 5.74) is 8.01. The molecule has 0 amide bonds. The van der Waals surface area contributed by atoms with Gasteiger partial charge >= 0.3 is 0 Å². The lowest BCUT2D eigenvalue weighted by Crippen LogP contribution is -2.22. The Balaban J connectivity index is 0.00000200. The van der Waals surface area contributed by atoms with E-state index in [1.165, 1.54) is 5.56 Å². The number of nitrogens with two attached hydrogens (primary N) is 1. The van der Waals surface area contributed by atoms with Gasteiger partial charge in [-0.2, -0.15) is 0 Å². The van der Waals surface area contributed by atoms with Crippen LogP contribution in [0.15, 0.2) is 48.0 Å². The molecule has 108 valence electrons. The summed E-state index contributed by atoms with van der Waals surface area (Å²) in [5, 5.41) is 3.07. The Kier molecular flexibility index (Phi) is 7.06.